The highest BCUT2D eigenvalue weighted by Gasteiger charge is 2.16. The predicted molar refractivity (Wildman–Crippen MR) is 79.4 cm³/mol. The minimum atomic E-state index is -0.834. The topological polar surface area (TPSA) is 113 Å². The number of aromatic amines is 2. The first-order valence-corrected chi connectivity index (χ1v) is 6.43. The standard InChI is InChI=1S/C14H15N3O5/c1-8(22-10-5-3-9(21-2)4-6-10)12(18)16-11-7-15-14(20)17-13(11)19/h3-8H,1-2H3,(H,16,18)(H2,15,17,19,20). The van der Waals surface area contributed by atoms with Gasteiger partial charge in [0, 0.05) is 6.20 Å². The molecule has 22 heavy (non-hydrogen) atoms. The van der Waals surface area contributed by atoms with Crippen LogP contribution in [-0.2, 0) is 4.79 Å². The first-order chi connectivity index (χ1) is 10.5. The molecule has 2 rings (SSSR count). The quantitative estimate of drug-likeness (QED) is 0.743. The van der Waals surface area contributed by atoms with Gasteiger partial charge in [-0.15, -0.1) is 0 Å². The molecule has 0 spiro atoms. The monoisotopic (exact) mass is 305 g/mol. The number of benzene rings is 1. The fourth-order valence-corrected chi connectivity index (χ4v) is 1.65. The molecule has 2 aromatic rings. The summed E-state index contributed by atoms with van der Waals surface area (Å²) in [4.78, 5) is 38.6. The second kappa shape index (κ2) is 6.61. The number of aromatic nitrogens is 2. The zero-order chi connectivity index (χ0) is 16.1. The molecule has 116 valence electrons. The van der Waals surface area contributed by atoms with Crippen molar-refractivity contribution in [1.82, 2.24) is 9.97 Å². The minimum Gasteiger partial charge on any atom is -0.497 e. The number of carbonyl (C=O) groups is 1. The van der Waals surface area contributed by atoms with Crippen molar-refractivity contribution in [3.63, 3.8) is 0 Å². The average molecular weight is 305 g/mol. The molecule has 1 unspecified atom stereocenters. The lowest BCUT2D eigenvalue weighted by Crippen LogP contribution is -2.33. The molecular weight excluding hydrogens is 290 g/mol. The van der Waals surface area contributed by atoms with Crippen molar-refractivity contribution in [3.8, 4) is 11.5 Å². The summed E-state index contributed by atoms with van der Waals surface area (Å²) in [7, 11) is 1.55. The SMILES string of the molecule is COc1ccc(OC(C)C(=O)Nc2c[nH]c(=O)[nH]c2=O)cc1. The summed E-state index contributed by atoms with van der Waals surface area (Å²) in [5, 5.41) is 2.38. The van der Waals surface area contributed by atoms with E-state index in [9.17, 15) is 14.4 Å². The van der Waals surface area contributed by atoms with E-state index in [1.807, 2.05) is 4.98 Å². The van der Waals surface area contributed by atoms with Crippen LogP contribution in [0, 0.1) is 0 Å². The number of ether oxygens (including phenoxy) is 2. The third-order valence-corrected chi connectivity index (χ3v) is 2.82. The van der Waals surface area contributed by atoms with Crippen molar-refractivity contribution in [1.29, 1.82) is 0 Å². The Morgan fingerprint density at radius 2 is 1.82 bits per heavy atom. The number of methoxy groups -OCH3 is 1. The summed E-state index contributed by atoms with van der Waals surface area (Å²) < 4.78 is 10.5. The molecule has 0 fully saturated rings. The van der Waals surface area contributed by atoms with Crippen LogP contribution in [0.1, 0.15) is 6.92 Å². The Morgan fingerprint density at radius 3 is 2.41 bits per heavy atom. The summed E-state index contributed by atoms with van der Waals surface area (Å²) >= 11 is 0. The van der Waals surface area contributed by atoms with Crippen LogP contribution in [0.3, 0.4) is 0 Å². The Hall–Kier alpha value is -3.03. The second-order valence-corrected chi connectivity index (χ2v) is 4.41. The lowest BCUT2D eigenvalue weighted by atomic mass is 10.3. The van der Waals surface area contributed by atoms with Crippen molar-refractivity contribution >= 4 is 11.6 Å². The highest BCUT2D eigenvalue weighted by Crippen LogP contribution is 2.18. The molecule has 3 N–H and O–H groups in total. The fourth-order valence-electron chi connectivity index (χ4n) is 1.65. The highest BCUT2D eigenvalue weighted by molar-refractivity contribution is 5.93. The first kappa shape index (κ1) is 15.4. The van der Waals surface area contributed by atoms with Gasteiger partial charge in [-0.05, 0) is 31.2 Å². The summed E-state index contributed by atoms with van der Waals surface area (Å²) in [5.41, 5.74) is -1.39. The minimum absolute atomic E-state index is 0.0604. The summed E-state index contributed by atoms with van der Waals surface area (Å²) in [5.74, 6) is 0.636. The van der Waals surface area contributed by atoms with Gasteiger partial charge in [-0.2, -0.15) is 0 Å². The maximum atomic E-state index is 12.0. The molecule has 0 saturated carbocycles. The molecule has 8 heteroatoms. The van der Waals surface area contributed by atoms with Crippen LogP contribution in [0.25, 0.3) is 0 Å². The van der Waals surface area contributed by atoms with Gasteiger partial charge in [0.15, 0.2) is 6.10 Å². The fraction of sp³-hybridized carbons (Fsp3) is 0.214. The molecule has 1 amide bonds. The van der Waals surface area contributed by atoms with Crippen molar-refractivity contribution in [2.75, 3.05) is 12.4 Å². The van der Waals surface area contributed by atoms with Gasteiger partial charge in [0.25, 0.3) is 11.5 Å². The smallest absolute Gasteiger partial charge is 0.325 e. The van der Waals surface area contributed by atoms with Crippen LogP contribution in [-0.4, -0.2) is 29.1 Å². The van der Waals surface area contributed by atoms with Crippen LogP contribution in [0.15, 0.2) is 40.1 Å². The predicted octanol–water partition coefficient (Wildman–Crippen LogP) is 0.478. The van der Waals surface area contributed by atoms with Crippen LogP contribution in [0.2, 0.25) is 0 Å². The van der Waals surface area contributed by atoms with Crippen molar-refractivity contribution in [2.24, 2.45) is 0 Å². The molecule has 0 saturated heterocycles. The number of hydrogen-bond acceptors (Lipinski definition) is 5. The van der Waals surface area contributed by atoms with E-state index in [0.717, 1.165) is 6.20 Å². The number of nitrogens with one attached hydrogen (secondary N) is 3. The molecule has 8 nitrogen and oxygen atoms in total. The maximum absolute atomic E-state index is 12.0. The lowest BCUT2D eigenvalue weighted by molar-refractivity contribution is -0.122. The van der Waals surface area contributed by atoms with Crippen LogP contribution >= 0.6 is 0 Å². The van der Waals surface area contributed by atoms with Gasteiger partial charge in [0.05, 0.1) is 7.11 Å². The van der Waals surface area contributed by atoms with Gasteiger partial charge in [0.1, 0.15) is 17.2 Å². The Kier molecular flexibility index (Phi) is 4.62. The van der Waals surface area contributed by atoms with E-state index in [0.29, 0.717) is 11.5 Å². The number of anilines is 1. The van der Waals surface area contributed by atoms with Gasteiger partial charge in [0.2, 0.25) is 0 Å². The summed E-state index contributed by atoms with van der Waals surface area (Å²) in [6.45, 7) is 1.54. The summed E-state index contributed by atoms with van der Waals surface area (Å²) in [6.07, 6.45) is 0.291. The van der Waals surface area contributed by atoms with E-state index in [1.54, 1.807) is 38.3 Å². The number of H-pyrrole nitrogens is 2. The summed E-state index contributed by atoms with van der Waals surface area (Å²) in [6, 6.07) is 6.73. The Labute approximate surface area is 125 Å². The molecule has 1 atom stereocenters. The van der Waals surface area contributed by atoms with E-state index in [4.69, 9.17) is 9.47 Å². The molecule has 1 aromatic heterocycles. The second-order valence-electron chi connectivity index (χ2n) is 4.41. The Morgan fingerprint density at radius 1 is 1.18 bits per heavy atom. The number of hydrogen-bond donors (Lipinski definition) is 3. The largest absolute Gasteiger partial charge is 0.497 e. The molecule has 0 bridgehead atoms. The molecular formula is C14H15N3O5. The van der Waals surface area contributed by atoms with Crippen LogP contribution in [0.5, 0.6) is 11.5 Å². The van der Waals surface area contributed by atoms with E-state index in [1.165, 1.54) is 0 Å². The molecule has 0 radical (unpaired) electrons. The van der Waals surface area contributed by atoms with E-state index < -0.39 is 23.3 Å². The maximum Gasteiger partial charge on any atom is 0.325 e. The third-order valence-electron chi connectivity index (χ3n) is 2.82. The Balaban J connectivity index is 2.02. The van der Waals surface area contributed by atoms with Gasteiger partial charge >= 0.3 is 5.69 Å². The van der Waals surface area contributed by atoms with Crippen molar-refractivity contribution in [3.05, 3.63) is 51.3 Å². The number of carbonyl (C=O) groups excluding carboxylic acids is 1. The third kappa shape index (κ3) is 3.75. The highest BCUT2D eigenvalue weighted by atomic mass is 16.5. The van der Waals surface area contributed by atoms with Crippen LogP contribution < -0.4 is 26.0 Å². The number of rotatable bonds is 5. The average Bonchev–Trinajstić information content (AvgIpc) is 2.50. The van der Waals surface area contributed by atoms with Gasteiger partial charge in [-0.1, -0.05) is 0 Å². The zero-order valence-corrected chi connectivity index (χ0v) is 12.0. The van der Waals surface area contributed by atoms with E-state index in [-0.39, 0.29) is 5.69 Å². The molecule has 1 aromatic carbocycles. The molecule has 0 aliphatic rings. The van der Waals surface area contributed by atoms with E-state index >= 15 is 0 Å². The van der Waals surface area contributed by atoms with Crippen LogP contribution in [0.4, 0.5) is 5.69 Å². The van der Waals surface area contributed by atoms with E-state index in [2.05, 4.69) is 10.3 Å². The normalized spacial score (nSPS) is 11.5. The molecule has 0 aliphatic carbocycles. The number of amides is 1. The van der Waals surface area contributed by atoms with Gasteiger partial charge < -0.3 is 19.8 Å². The van der Waals surface area contributed by atoms with Crippen molar-refractivity contribution in [2.45, 2.75) is 13.0 Å². The molecule has 0 aliphatic heterocycles. The molecule has 1 heterocycles. The van der Waals surface area contributed by atoms with Gasteiger partial charge in [-0.3, -0.25) is 14.6 Å². The first-order valence-electron chi connectivity index (χ1n) is 6.43. The van der Waals surface area contributed by atoms with Gasteiger partial charge in [-0.25, -0.2) is 4.79 Å². The zero-order valence-electron chi connectivity index (χ0n) is 12.0. The Bertz CT molecular complexity index is 763. The van der Waals surface area contributed by atoms with Crippen molar-refractivity contribution < 1.29 is 14.3 Å². The lowest BCUT2D eigenvalue weighted by Gasteiger charge is -2.14.